The molecule has 0 aromatic heterocycles. The van der Waals surface area contributed by atoms with Gasteiger partial charge in [0.25, 0.3) is 5.91 Å². The van der Waals surface area contributed by atoms with E-state index < -0.39 is 17.5 Å². The van der Waals surface area contributed by atoms with Gasteiger partial charge in [-0.05, 0) is 47.4 Å². The second kappa shape index (κ2) is 10.0. The maximum atomic E-state index is 13.9. The number of nitrogens with one attached hydrogen (secondary N) is 1. The molecule has 7 nitrogen and oxygen atoms in total. The van der Waals surface area contributed by atoms with Gasteiger partial charge in [0.05, 0.1) is 20.8 Å². The summed E-state index contributed by atoms with van der Waals surface area (Å²) in [6, 6.07) is 20.5. The monoisotopic (exact) mass is 472 g/mol. The van der Waals surface area contributed by atoms with Crippen LogP contribution in [0.15, 0.2) is 72.8 Å². The number of ether oxygens (including phenoxy) is 2. The van der Waals surface area contributed by atoms with E-state index >= 15 is 0 Å². The molecule has 7 heteroatoms. The Morgan fingerprint density at radius 2 is 1.34 bits per heavy atom. The average Bonchev–Trinajstić information content (AvgIpc) is 3.15. The van der Waals surface area contributed by atoms with Crippen molar-refractivity contribution < 1.29 is 23.9 Å². The smallest absolute Gasteiger partial charge is 0.325 e. The van der Waals surface area contributed by atoms with Gasteiger partial charge in [-0.2, -0.15) is 0 Å². The minimum atomic E-state index is -1.49. The second-order valence-electron chi connectivity index (χ2n) is 8.40. The van der Waals surface area contributed by atoms with Crippen LogP contribution in [0.5, 0.6) is 11.5 Å². The fourth-order valence-corrected chi connectivity index (χ4v) is 4.34. The van der Waals surface area contributed by atoms with Crippen LogP contribution in [0.3, 0.4) is 0 Å². The number of carbonyl (C=O) groups is 3. The highest BCUT2D eigenvalue weighted by atomic mass is 16.5. The maximum absolute atomic E-state index is 13.9. The van der Waals surface area contributed by atoms with Crippen molar-refractivity contribution in [3.8, 4) is 11.5 Å². The normalized spacial score (nSPS) is 14.5. The standard InChI is InChI=1S/C28H28N2O5/c1-4-5-19-6-8-20(9-7-19)25(31)18-30-26(32)28(29-27(30)33,21-10-14-23(34-2)15-11-21)22-12-16-24(35-3)17-13-22/h6-17H,4-5,18H2,1-3H3,(H,29,33). The molecule has 0 atom stereocenters. The Kier molecular flexibility index (Phi) is 6.87. The highest BCUT2D eigenvalue weighted by molar-refractivity contribution is 6.13. The summed E-state index contributed by atoms with van der Waals surface area (Å²) in [6.07, 6.45) is 1.93. The second-order valence-corrected chi connectivity index (χ2v) is 8.40. The Bertz CT molecular complexity index is 1170. The number of imide groups is 1. The molecule has 1 fully saturated rings. The number of amides is 3. The summed E-state index contributed by atoms with van der Waals surface area (Å²) in [4.78, 5) is 41.0. The lowest BCUT2D eigenvalue weighted by molar-refractivity contribution is -0.129. The summed E-state index contributed by atoms with van der Waals surface area (Å²) in [6.45, 7) is 1.74. The third kappa shape index (κ3) is 4.49. The van der Waals surface area contributed by atoms with Crippen LogP contribution in [0.1, 0.15) is 40.4 Å². The summed E-state index contributed by atoms with van der Waals surface area (Å²) in [5, 5.41) is 2.86. The number of aryl methyl sites for hydroxylation is 1. The van der Waals surface area contributed by atoms with Crippen molar-refractivity contribution in [3.63, 3.8) is 0 Å². The summed E-state index contributed by atoms with van der Waals surface area (Å²) < 4.78 is 10.5. The van der Waals surface area contributed by atoms with Gasteiger partial charge in [-0.25, -0.2) is 4.79 Å². The lowest BCUT2D eigenvalue weighted by Crippen LogP contribution is -2.45. The van der Waals surface area contributed by atoms with E-state index in [1.807, 2.05) is 12.1 Å². The lowest BCUT2D eigenvalue weighted by Gasteiger charge is -2.28. The molecule has 0 aliphatic carbocycles. The minimum absolute atomic E-state index is 0.309. The van der Waals surface area contributed by atoms with Gasteiger partial charge in [0.2, 0.25) is 0 Å². The first-order valence-corrected chi connectivity index (χ1v) is 11.5. The van der Waals surface area contributed by atoms with Crippen LogP contribution >= 0.6 is 0 Å². The molecule has 3 amide bonds. The lowest BCUT2D eigenvalue weighted by atomic mass is 9.82. The van der Waals surface area contributed by atoms with Gasteiger partial charge in [-0.1, -0.05) is 61.9 Å². The molecular weight excluding hydrogens is 444 g/mol. The molecular formula is C28H28N2O5. The largest absolute Gasteiger partial charge is 0.497 e. The molecule has 0 unspecified atom stereocenters. The van der Waals surface area contributed by atoms with E-state index in [2.05, 4.69) is 12.2 Å². The SMILES string of the molecule is CCCc1ccc(C(=O)CN2C(=O)NC(c3ccc(OC)cc3)(c3ccc(OC)cc3)C2=O)cc1. The van der Waals surface area contributed by atoms with E-state index in [0.29, 0.717) is 28.2 Å². The Labute approximate surface area is 204 Å². The third-order valence-electron chi connectivity index (χ3n) is 6.27. The van der Waals surface area contributed by atoms with Gasteiger partial charge < -0.3 is 14.8 Å². The molecule has 0 saturated carbocycles. The molecule has 1 N–H and O–H groups in total. The molecule has 3 aromatic carbocycles. The summed E-state index contributed by atoms with van der Waals surface area (Å²) in [5.41, 5.74) is 1.22. The molecule has 4 rings (SSSR count). The number of hydrogen-bond acceptors (Lipinski definition) is 5. The quantitative estimate of drug-likeness (QED) is 0.370. The molecule has 3 aromatic rings. The number of benzene rings is 3. The van der Waals surface area contributed by atoms with Crippen molar-refractivity contribution in [1.82, 2.24) is 10.2 Å². The Morgan fingerprint density at radius 1 is 0.829 bits per heavy atom. The van der Waals surface area contributed by atoms with Crippen LogP contribution in [-0.4, -0.2) is 43.4 Å². The topological polar surface area (TPSA) is 84.9 Å². The van der Waals surface area contributed by atoms with Crippen molar-refractivity contribution in [2.45, 2.75) is 25.3 Å². The summed E-state index contributed by atoms with van der Waals surface area (Å²) in [5.74, 6) is 0.411. The van der Waals surface area contributed by atoms with Gasteiger partial charge in [-0.15, -0.1) is 0 Å². The van der Waals surface area contributed by atoms with Crippen LogP contribution < -0.4 is 14.8 Å². The predicted octanol–water partition coefficient (Wildman–Crippen LogP) is 4.33. The number of nitrogens with zero attached hydrogens (tertiary/aromatic N) is 1. The van der Waals surface area contributed by atoms with Crippen molar-refractivity contribution in [1.29, 1.82) is 0 Å². The molecule has 35 heavy (non-hydrogen) atoms. The van der Waals surface area contributed by atoms with Crippen LogP contribution in [0, 0.1) is 0 Å². The minimum Gasteiger partial charge on any atom is -0.497 e. The summed E-state index contributed by atoms with van der Waals surface area (Å²) >= 11 is 0. The number of ketones is 1. The Hall–Kier alpha value is -4.13. The third-order valence-corrected chi connectivity index (χ3v) is 6.27. The molecule has 1 saturated heterocycles. The number of Topliss-reactive ketones (excluding diaryl/α,β-unsaturated/α-hetero) is 1. The molecule has 0 bridgehead atoms. The first-order chi connectivity index (χ1) is 16.9. The van der Waals surface area contributed by atoms with Crippen molar-refractivity contribution in [2.75, 3.05) is 20.8 Å². The molecule has 180 valence electrons. The van der Waals surface area contributed by atoms with Gasteiger partial charge in [0, 0.05) is 5.56 Å². The van der Waals surface area contributed by atoms with Crippen LogP contribution in [0.2, 0.25) is 0 Å². The van der Waals surface area contributed by atoms with E-state index in [-0.39, 0.29) is 12.3 Å². The first-order valence-electron chi connectivity index (χ1n) is 11.5. The van der Waals surface area contributed by atoms with Crippen molar-refractivity contribution >= 4 is 17.7 Å². The number of rotatable bonds is 9. The van der Waals surface area contributed by atoms with E-state index in [4.69, 9.17) is 9.47 Å². The van der Waals surface area contributed by atoms with Gasteiger partial charge in [0.15, 0.2) is 11.3 Å². The molecule has 0 spiro atoms. The summed E-state index contributed by atoms with van der Waals surface area (Å²) in [7, 11) is 3.11. The molecule has 1 aliphatic heterocycles. The van der Waals surface area contributed by atoms with Crippen LogP contribution in [-0.2, 0) is 16.8 Å². The van der Waals surface area contributed by atoms with Gasteiger partial charge >= 0.3 is 6.03 Å². The van der Waals surface area contributed by atoms with Gasteiger partial charge in [-0.3, -0.25) is 14.5 Å². The van der Waals surface area contributed by atoms with Gasteiger partial charge in [0.1, 0.15) is 11.5 Å². The Morgan fingerprint density at radius 3 is 1.80 bits per heavy atom. The van der Waals surface area contributed by atoms with Crippen molar-refractivity contribution in [2.24, 2.45) is 0 Å². The maximum Gasteiger partial charge on any atom is 0.325 e. The van der Waals surface area contributed by atoms with E-state index in [0.717, 1.165) is 23.3 Å². The zero-order valence-electron chi connectivity index (χ0n) is 20.0. The number of carbonyl (C=O) groups excluding carboxylic acids is 3. The zero-order chi connectivity index (χ0) is 25.0. The van der Waals surface area contributed by atoms with E-state index in [1.165, 1.54) is 0 Å². The highest BCUT2D eigenvalue weighted by Crippen LogP contribution is 2.37. The van der Waals surface area contributed by atoms with E-state index in [9.17, 15) is 14.4 Å². The average molecular weight is 473 g/mol. The number of hydrogen-bond donors (Lipinski definition) is 1. The fraction of sp³-hybridized carbons (Fsp3) is 0.250. The van der Waals surface area contributed by atoms with Crippen LogP contribution in [0.25, 0.3) is 0 Å². The van der Waals surface area contributed by atoms with Crippen molar-refractivity contribution in [3.05, 3.63) is 95.1 Å². The first kappa shape index (κ1) is 24.0. The van der Waals surface area contributed by atoms with Crippen LogP contribution in [0.4, 0.5) is 4.79 Å². The number of urea groups is 1. The molecule has 0 radical (unpaired) electrons. The highest BCUT2D eigenvalue weighted by Gasteiger charge is 2.54. The zero-order valence-corrected chi connectivity index (χ0v) is 20.0. The molecule has 1 aliphatic rings. The fourth-order valence-electron chi connectivity index (χ4n) is 4.34. The Balaban J connectivity index is 1.69. The van der Waals surface area contributed by atoms with E-state index in [1.54, 1.807) is 74.9 Å². The predicted molar refractivity (Wildman–Crippen MR) is 132 cm³/mol. The molecule has 1 heterocycles. The number of methoxy groups -OCH3 is 2.